The molecule has 2 heterocycles. The van der Waals surface area contributed by atoms with Crippen molar-refractivity contribution in [2.24, 2.45) is 0 Å². The van der Waals surface area contributed by atoms with Crippen LogP contribution < -0.4 is 10.0 Å². The van der Waals surface area contributed by atoms with Gasteiger partial charge < -0.3 is 10.1 Å². The molecule has 184 valence electrons. The largest absolute Gasteiger partial charge is 0.379 e. The van der Waals surface area contributed by atoms with Crippen molar-refractivity contribution in [3.05, 3.63) is 77.4 Å². The van der Waals surface area contributed by atoms with Crippen LogP contribution in [0.25, 0.3) is 0 Å². The van der Waals surface area contributed by atoms with E-state index in [9.17, 15) is 21.6 Å². The van der Waals surface area contributed by atoms with Crippen molar-refractivity contribution < 1.29 is 26.4 Å². The number of nitrogens with zero attached hydrogens (tertiary/aromatic N) is 2. The molecule has 1 amide bonds. The summed E-state index contributed by atoms with van der Waals surface area (Å²) in [4.78, 5) is 16.7. The van der Waals surface area contributed by atoms with Crippen molar-refractivity contribution in [1.82, 2.24) is 9.29 Å². The normalized spacial score (nSPS) is 14.9. The number of morpholine rings is 1. The summed E-state index contributed by atoms with van der Waals surface area (Å²) in [5.74, 6) is -0.470. The van der Waals surface area contributed by atoms with Gasteiger partial charge in [-0.15, -0.1) is 0 Å². The van der Waals surface area contributed by atoms with Crippen molar-refractivity contribution in [2.75, 3.05) is 36.3 Å². The average Bonchev–Trinajstić information content (AvgIpc) is 2.85. The summed E-state index contributed by atoms with van der Waals surface area (Å²) >= 11 is 6.17. The van der Waals surface area contributed by atoms with E-state index in [0.29, 0.717) is 18.9 Å². The average molecular weight is 537 g/mol. The van der Waals surface area contributed by atoms with Crippen LogP contribution in [0.5, 0.6) is 0 Å². The van der Waals surface area contributed by atoms with E-state index in [2.05, 4.69) is 15.0 Å². The van der Waals surface area contributed by atoms with Crippen LogP contribution >= 0.6 is 11.6 Å². The minimum Gasteiger partial charge on any atom is -0.379 e. The van der Waals surface area contributed by atoms with Gasteiger partial charge >= 0.3 is 0 Å². The van der Waals surface area contributed by atoms with E-state index in [1.54, 1.807) is 12.1 Å². The summed E-state index contributed by atoms with van der Waals surface area (Å²) in [5, 5.41) is 2.68. The second kappa shape index (κ2) is 10.3. The van der Waals surface area contributed by atoms with Crippen LogP contribution in [0.1, 0.15) is 10.4 Å². The second-order valence-electron chi connectivity index (χ2n) is 7.46. The zero-order valence-corrected chi connectivity index (χ0v) is 20.6. The molecular weight excluding hydrogens is 516 g/mol. The lowest BCUT2D eigenvalue weighted by atomic mass is 10.2. The zero-order chi connectivity index (χ0) is 25.1. The van der Waals surface area contributed by atoms with E-state index in [4.69, 9.17) is 16.3 Å². The number of carbonyl (C=O) groups excluding carboxylic acids is 1. The molecule has 4 rings (SSSR count). The van der Waals surface area contributed by atoms with Gasteiger partial charge in [0.25, 0.3) is 15.9 Å². The molecule has 0 radical (unpaired) electrons. The summed E-state index contributed by atoms with van der Waals surface area (Å²) < 4.78 is 59.8. The maximum Gasteiger partial charge on any atom is 0.263 e. The van der Waals surface area contributed by atoms with Gasteiger partial charge in [0.2, 0.25) is 10.0 Å². The van der Waals surface area contributed by atoms with E-state index in [0.717, 1.165) is 0 Å². The molecule has 1 aromatic heterocycles. The third-order valence-electron chi connectivity index (χ3n) is 5.12. The minimum atomic E-state index is -3.88. The lowest BCUT2D eigenvalue weighted by molar-refractivity contribution is 0.0730. The Morgan fingerprint density at radius 3 is 2.29 bits per heavy atom. The Morgan fingerprint density at radius 1 is 0.943 bits per heavy atom. The van der Waals surface area contributed by atoms with Gasteiger partial charge in [0.15, 0.2) is 0 Å². The molecule has 35 heavy (non-hydrogen) atoms. The summed E-state index contributed by atoms with van der Waals surface area (Å²) in [6, 6.07) is 14.2. The summed E-state index contributed by atoms with van der Waals surface area (Å²) in [6.45, 7) is 1.03. The van der Waals surface area contributed by atoms with Crippen LogP contribution in [0.15, 0.2) is 76.7 Å². The van der Waals surface area contributed by atoms with Crippen LogP contribution in [0.3, 0.4) is 0 Å². The molecule has 0 bridgehead atoms. The number of hydrogen-bond donors (Lipinski definition) is 2. The monoisotopic (exact) mass is 536 g/mol. The number of nitrogens with one attached hydrogen (secondary N) is 2. The minimum absolute atomic E-state index is 0.0298. The Hall–Kier alpha value is -3.03. The first-order valence-corrected chi connectivity index (χ1v) is 13.7. The molecule has 3 aromatic rings. The molecule has 10 nitrogen and oxygen atoms in total. The van der Waals surface area contributed by atoms with E-state index in [1.807, 2.05) is 0 Å². The molecule has 0 spiro atoms. The van der Waals surface area contributed by atoms with E-state index in [1.165, 1.54) is 59.0 Å². The molecule has 0 atom stereocenters. The molecule has 0 saturated carbocycles. The highest BCUT2D eigenvalue weighted by atomic mass is 35.5. The molecule has 1 aliphatic heterocycles. The number of anilines is 2. The summed E-state index contributed by atoms with van der Waals surface area (Å²) in [5.41, 5.74) is 0.263. The van der Waals surface area contributed by atoms with Crippen molar-refractivity contribution in [1.29, 1.82) is 0 Å². The lowest BCUT2D eigenvalue weighted by Crippen LogP contribution is -2.40. The van der Waals surface area contributed by atoms with E-state index < -0.39 is 26.0 Å². The third-order valence-corrected chi connectivity index (χ3v) is 8.71. The first-order valence-electron chi connectivity index (χ1n) is 10.4. The Morgan fingerprint density at radius 2 is 1.63 bits per heavy atom. The molecule has 1 saturated heterocycles. The zero-order valence-electron chi connectivity index (χ0n) is 18.2. The van der Waals surface area contributed by atoms with Crippen molar-refractivity contribution >= 4 is 49.1 Å². The molecule has 2 aromatic carbocycles. The number of pyridine rings is 1. The van der Waals surface area contributed by atoms with Gasteiger partial charge in [-0.3, -0.25) is 9.52 Å². The van der Waals surface area contributed by atoms with Crippen LogP contribution in [-0.2, 0) is 24.8 Å². The maximum absolute atomic E-state index is 12.9. The summed E-state index contributed by atoms with van der Waals surface area (Å²) in [6.07, 6.45) is 1.46. The fourth-order valence-corrected chi connectivity index (χ4v) is 5.96. The fourth-order valence-electron chi connectivity index (χ4n) is 3.31. The maximum atomic E-state index is 12.9. The Kier molecular flexibility index (Phi) is 7.38. The van der Waals surface area contributed by atoms with Crippen LogP contribution in [0, 0.1) is 0 Å². The Balaban J connectivity index is 1.50. The SMILES string of the molecule is O=C(Nc1ccc(S(=O)(=O)Nc2ccccn2)cc1)c1cc(S(=O)(=O)N2CCOCC2)ccc1Cl. The van der Waals surface area contributed by atoms with Gasteiger partial charge in [-0.05, 0) is 54.6 Å². The van der Waals surface area contributed by atoms with Gasteiger partial charge in [-0.1, -0.05) is 17.7 Å². The number of ether oxygens (including phenoxy) is 1. The predicted molar refractivity (Wildman–Crippen MR) is 130 cm³/mol. The highest BCUT2D eigenvalue weighted by Gasteiger charge is 2.27. The van der Waals surface area contributed by atoms with E-state index in [-0.39, 0.29) is 39.3 Å². The molecule has 0 unspecified atom stereocenters. The molecule has 13 heteroatoms. The van der Waals surface area contributed by atoms with Gasteiger partial charge in [0, 0.05) is 25.0 Å². The first-order chi connectivity index (χ1) is 16.7. The third kappa shape index (κ3) is 5.80. The Labute approximate surface area is 208 Å². The van der Waals surface area contributed by atoms with Crippen LogP contribution in [-0.4, -0.2) is 58.3 Å². The number of hydrogen-bond acceptors (Lipinski definition) is 7. The van der Waals surface area contributed by atoms with Crippen molar-refractivity contribution in [2.45, 2.75) is 9.79 Å². The predicted octanol–water partition coefficient (Wildman–Crippen LogP) is 2.81. The summed E-state index contributed by atoms with van der Waals surface area (Å²) in [7, 11) is -7.70. The van der Waals surface area contributed by atoms with E-state index >= 15 is 0 Å². The highest BCUT2D eigenvalue weighted by Crippen LogP contribution is 2.25. The standard InChI is InChI=1S/C22H21ClN4O6S2/c23-20-9-8-18(35(31,32)27-11-13-33-14-12-27)15-19(20)22(28)25-16-4-6-17(7-5-16)34(29,30)26-21-3-1-2-10-24-21/h1-10,15H,11-14H2,(H,24,26)(H,25,28). The lowest BCUT2D eigenvalue weighted by Gasteiger charge is -2.26. The van der Waals surface area contributed by atoms with Gasteiger partial charge in [-0.25, -0.2) is 21.8 Å². The molecule has 2 N–H and O–H groups in total. The number of amides is 1. The van der Waals surface area contributed by atoms with Crippen molar-refractivity contribution in [3.8, 4) is 0 Å². The Bertz CT molecular complexity index is 1430. The topological polar surface area (TPSA) is 135 Å². The van der Waals surface area contributed by atoms with Gasteiger partial charge in [0.1, 0.15) is 5.82 Å². The smallest absolute Gasteiger partial charge is 0.263 e. The second-order valence-corrected chi connectivity index (χ2v) is 11.5. The molecule has 1 aliphatic rings. The molecular formula is C22H21ClN4O6S2. The number of aromatic nitrogens is 1. The van der Waals surface area contributed by atoms with Crippen LogP contribution in [0.2, 0.25) is 5.02 Å². The number of rotatable bonds is 7. The quantitative estimate of drug-likeness (QED) is 0.474. The van der Waals surface area contributed by atoms with Gasteiger partial charge in [-0.2, -0.15) is 4.31 Å². The number of halogens is 1. The number of benzene rings is 2. The molecule has 0 aliphatic carbocycles. The first kappa shape index (κ1) is 25.1. The highest BCUT2D eigenvalue weighted by molar-refractivity contribution is 7.92. The van der Waals surface area contributed by atoms with Gasteiger partial charge in [0.05, 0.1) is 33.6 Å². The van der Waals surface area contributed by atoms with Crippen molar-refractivity contribution in [3.63, 3.8) is 0 Å². The fraction of sp³-hybridized carbons (Fsp3) is 0.182. The molecule has 1 fully saturated rings. The van der Waals surface area contributed by atoms with Crippen LogP contribution in [0.4, 0.5) is 11.5 Å². The number of sulfonamides is 2. The number of carbonyl (C=O) groups is 1.